The summed E-state index contributed by atoms with van der Waals surface area (Å²) in [6.45, 7) is 2.19. The van der Waals surface area contributed by atoms with Crippen molar-refractivity contribution >= 4 is 46.4 Å². The largest absolute Gasteiger partial charge is 0.324 e. The molecule has 10 heteroatoms. The third-order valence-corrected chi connectivity index (χ3v) is 7.84. The van der Waals surface area contributed by atoms with Gasteiger partial charge in [0.2, 0.25) is 17.7 Å². The second-order valence-corrected chi connectivity index (χ2v) is 9.49. The number of nitro groups is 1. The number of nitro benzene ring substituents is 1. The SMILES string of the molecule is Cc1ccc(N2C(=O)[C@@H]3[C@H]4CCCN4[C@@]4(C(=O)Nc5ccc(Cl)cc54)[C@@H]3C2=O)cc1[N+](=O)[O-]. The molecule has 6 rings (SSSR count). The van der Waals surface area contributed by atoms with E-state index in [0.717, 1.165) is 11.3 Å². The maximum Gasteiger partial charge on any atom is 0.274 e. The van der Waals surface area contributed by atoms with E-state index in [2.05, 4.69) is 5.32 Å². The van der Waals surface area contributed by atoms with Crippen molar-refractivity contribution < 1.29 is 19.3 Å². The molecule has 4 aliphatic rings. The molecule has 1 N–H and O–H groups in total. The van der Waals surface area contributed by atoms with Crippen LogP contribution in [0.3, 0.4) is 0 Å². The summed E-state index contributed by atoms with van der Waals surface area (Å²) in [7, 11) is 0. The number of carbonyl (C=O) groups excluding carboxylic acids is 3. The highest BCUT2D eigenvalue weighted by Gasteiger charge is 2.74. The molecule has 4 atom stereocenters. The fraction of sp³-hybridized carbons (Fsp3) is 0.348. The van der Waals surface area contributed by atoms with Crippen molar-refractivity contribution in [3.05, 3.63) is 62.7 Å². The quantitative estimate of drug-likeness (QED) is 0.413. The van der Waals surface area contributed by atoms with Gasteiger partial charge in [0.1, 0.15) is 5.54 Å². The van der Waals surface area contributed by atoms with E-state index in [4.69, 9.17) is 11.6 Å². The molecule has 0 aromatic heterocycles. The second-order valence-electron chi connectivity index (χ2n) is 9.06. The summed E-state index contributed by atoms with van der Waals surface area (Å²) in [6, 6.07) is 9.13. The van der Waals surface area contributed by atoms with E-state index >= 15 is 0 Å². The molecular formula is C23H19ClN4O5. The number of halogens is 1. The molecule has 9 nitrogen and oxygen atoms in total. The smallest absolute Gasteiger partial charge is 0.274 e. The van der Waals surface area contributed by atoms with Gasteiger partial charge in [0, 0.05) is 33.9 Å². The average Bonchev–Trinajstić information content (AvgIpc) is 3.47. The number of fused-ring (bicyclic) bond motifs is 7. The fourth-order valence-electron chi connectivity index (χ4n) is 6.36. The van der Waals surface area contributed by atoms with Gasteiger partial charge in [-0.15, -0.1) is 0 Å². The molecule has 0 radical (unpaired) electrons. The van der Waals surface area contributed by atoms with Crippen molar-refractivity contribution in [1.29, 1.82) is 0 Å². The summed E-state index contributed by atoms with van der Waals surface area (Å²) in [6.07, 6.45) is 1.49. The Balaban J connectivity index is 1.54. The van der Waals surface area contributed by atoms with Gasteiger partial charge >= 0.3 is 0 Å². The third kappa shape index (κ3) is 2.38. The second kappa shape index (κ2) is 6.61. The molecule has 3 saturated heterocycles. The maximum absolute atomic E-state index is 13.9. The summed E-state index contributed by atoms with van der Waals surface area (Å²) in [5, 5.41) is 14.8. The summed E-state index contributed by atoms with van der Waals surface area (Å²) in [5.74, 6) is -2.91. The minimum atomic E-state index is -1.33. The van der Waals surface area contributed by atoms with Crippen molar-refractivity contribution in [2.45, 2.75) is 31.3 Å². The molecule has 1 spiro atoms. The standard InChI is InChI=1S/C23H19ClN4O5/c1-11-4-6-13(10-17(11)28(32)33)27-20(29)18-16-3-2-8-26(16)23(19(18)21(27)30)14-9-12(24)5-7-15(14)25-22(23)31/h4-7,9-10,16,18-19H,2-3,8H2,1H3,(H,25,31)/t16-,18-,19+,23-/m1/s1. The maximum atomic E-state index is 13.9. The lowest BCUT2D eigenvalue weighted by Crippen LogP contribution is -2.54. The van der Waals surface area contributed by atoms with Crippen molar-refractivity contribution in [2.75, 3.05) is 16.8 Å². The number of imide groups is 1. The molecule has 0 saturated carbocycles. The molecule has 2 aromatic carbocycles. The van der Waals surface area contributed by atoms with Gasteiger partial charge in [-0.1, -0.05) is 17.7 Å². The highest BCUT2D eigenvalue weighted by molar-refractivity contribution is 6.31. The van der Waals surface area contributed by atoms with E-state index in [1.54, 1.807) is 25.1 Å². The van der Waals surface area contributed by atoms with Crippen LogP contribution in [0.4, 0.5) is 17.1 Å². The Morgan fingerprint density at radius 1 is 1.15 bits per heavy atom. The molecule has 0 aliphatic carbocycles. The van der Waals surface area contributed by atoms with Crippen LogP contribution in [-0.4, -0.2) is 40.1 Å². The predicted molar refractivity (Wildman–Crippen MR) is 119 cm³/mol. The van der Waals surface area contributed by atoms with Crippen LogP contribution in [0.15, 0.2) is 36.4 Å². The first-order valence-corrected chi connectivity index (χ1v) is 11.2. The van der Waals surface area contributed by atoms with Gasteiger partial charge in [-0.3, -0.25) is 29.4 Å². The Bertz CT molecular complexity index is 1300. The van der Waals surface area contributed by atoms with Crippen LogP contribution in [0.5, 0.6) is 0 Å². The van der Waals surface area contributed by atoms with Crippen LogP contribution >= 0.6 is 11.6 Å². The number of nitrogens with zero attached hydrogens (tertiary/aromatic N) is 3. The van der Waals surface area contributed by atoms with E-state index < -0.39 is 34.1 Å². The Kier molecular flexibility index (Phi) is 4.07. The van der Waals surface area contributed by atoms with E-state index in [-0.39, 0.29) is 23.3 Å². The summed E-state index contributed by atoms with van der Waals surface area (Å²) >= 11 is 6.29. The van der Waals surface area contributed by atoms with Crippen molar-refractivity contribution in [3.63, 3.8) is 0 Å². The lowest BCUT2D eigenvalue weighted by molar-refractivity contribution is -0.385. The first-order chi connectivity index (χ1) is 15.8. The van der Waals surface area contributed by atoms with Crippen LogP contribution in [0, 0.1) is 28.9 Å². The third-order valence-electron chi connectivity index (χ3n) is 7.60. The first-order valence-electron chi connectivity index (χ1n) is 10.8. The number of amides is 3. The summed E-state index contributed by atoms with van der Waals surface area (Å²) < 4.78 is 0. The lowest BCUT2D eigenvalue weighted by Gasteiger charge is -2.36. The number of benzene rings is 2. The van der Waals surface area contributed by atoms with Crippen LogP contribution in [0.1, 0.15) is 24.0 Å². The van der Waals surface area contributed by atoms with Crippen molar-refractivity contribution in [3.8, 4) is 0 Å². The highest BCUT2D eigenvalue weighted by atomic mass is 35.5. The van der Waals surface area contributed by atoms with E-state index in [0.29, 0.717) is 34.8 Å². The first kappa shape index (κ1) is 20.3. The van der Waals surface area contributed by atoms with Gasteiger partial charge in [0.25, 0.3) is 5.69 Å². The van der Waals surface area contributed by atoms with Gasteiger partial charge in [-0.25, -0.2) is 4.90 Å². The number of rotatable bonds is 2. The lowest BCUT2D eigenvalue weighted by atomic mass is 9.75. The van der Waals surface area contributed by atoms with Crippen molar-refractivity contribution in [1.82, 2.24) is 4.90 Å². The molecule has 2 aromatic rings. The van der Waals surface area contributed by atoms with Crippen LogP contribution < -0.4 is 10.2 Å². The number of hydrogen-bond acceptors (Lipinski definition) is 6. The molecule has 4 heterocycles. The minimum absolute atomic E-state index is 0.154. The van der Waals surface area contributed by atoms with Gasteiger partial charge < -0.3 is 5.32 Å². The number of nitrogens with one attached hydrogen (secondary N) is 1. The Hall–Kier alpha value is -3.30. The molecule has 0 bridgehead atoms. The van der Waals surface area contributed by atoms with Gasteiger partial charge in [0.05, 0.1) is 22.4 Å². The number of anilines is 2. The zero-order valence-corrected chi connectivity index (χ0v) is 18.3. The van der Waals surface area contributed by atoms with Gasteiger partial charge in [0.15, 0.2) is 0 Å². The van der Waals surface area contributed by atoms with Gasteiger partial charge in [-0.05, 0) is 50.6 Å². The normalized spacial score (nSPS) is 30.1. The molecule has 3 amide bonds. The van der Waals surface area contributed by atoms with Gasteiger partial charge in [-0.2, -0.15) is 0 Å². The Morgan fingerprint density at radius 2 is 1.94 bits per heavy atom. The average molecular weight is 467 g/mol. The summed E-state index contributed by atoms with van der Waals surface area (Å²) in [5.41, 5.74) is 0.279. The van der Waals surface area contributed by atoms with Crippen LogP contribution in [-0.2, 0) is 19.9 Å². The Labute approximate surface area is 193 Å². The topological polar surface area (TPSA) is 113 Å². The number of hydrogen-bond donors (Lipinski definition) is 1. The molecule has 33 heavy (non-hydrogen) atoms. The van der Waals surface area contributed by atoms with E-state index in [1.165, 1.54) is 18.2 Å². The zero-order chi connectivity index (χ0) is 23.2. The number of aryl methyl sites for hydroxylation is 1. The Morgan fingerprint density at radius 3 is 2.70 bits per heavy atom. The molecule has 3 fully saturated rings. The van der Waals surface area contributed by atoms with Crippen LogP contribution in [0.25, 0.3) is 0 Å². The predicted octanol–water partition coefficient (Wildman–Crippen LogP) is 2.99. The highest BCUT2D eigenvalue weighted by Crippen LogP contribution is 2.61. The summed E-state index contributed by atoms with van der Waals surface area (Å²) in [4.78, 5) is 55.1. The minimum Gasteiger partial charge on any atom is -0.324 e. The van der Waals surface area contributed by atoms with E-state index in [9.17, 15) is 24.5 Å². The van der Waals surface area contributed by atoms with Crippen LogP contribution in [0.2, 0.25) is 5.02 Å². The number of carbonyl (C=O) groups is 3. The van der Waals surface area contributed by atoms with E-state index in [1.807, 2.05) is 4.90 Å². The fourth-order valence-corrected chi connectivity index (χ4v) is 6.54. The molecular weight excluding hydrogens is 448 g/mol. The zero-order valence-electron chi connectivity index (χ0n) is 17.6. The molecule has 168 valence electrons. The molecule has 4 aliphatic heterocycles. The molecule has 0 unspecified atom stereocenters. The van der Waals surface area contributed by atoms with Crippen molar-refractivity contribution in [2.24, 2.45) is 11.8 Å². The monoisotopic (exact) mass is 466 g/mol.